The van der Waals surface area contributed by atoms with E-state index in [1.165, 1.54) is 18.5 Å². The van der Waals surface area contributed by atoms with Crippen molar-refractivity contribution in [2.24, 2.45) is 0 Å². The van der Waals surface area contributed by atoms with Crippen molar-refractivity contribution in [3.05, 3.63) is 15.6 Å². The molecule has 0 atom stereocenters. The maximum absolute atomic E-state index is 9.24. The first-order chi connectivity index (χ1) is 6.52. The molecule has 0 amide bonds. The Morgan fingerprint density at radius 2 is 2.07 bits per heavy atom. The molecular weight excluding hydrogens is 194 g/mol. The van der Waals surface area contributed by atoms with E-state index >= 15 is 0 Å². The highest BCUT2D eigenvalue weighted by molar-refractivity contribution is 7.11. The van der Waals surface area contributed by atoms with Crippen LogP contribution in [0, 0.1) is 0 Å². The molecule has 1 aliphatic carbocycles. The van der Waals surface area contributed by atoms with E-state index in [4.69, 9.17) is 0 Å². The van der Waals surface area contributed by atoms with Gasteiger partial charge in [0.2, 0.25) is 0 Å². The van der Waals surface area contributed by atoms with E-state index in [1.54, 1.807) is 11.3 Å². The normalized spacial score (nSPS) is 17.4. The average molecular weight is 211 g/mol. The lowest BCUT2D eigenvalue weighted by atomic mass is 9.98. The van der Waals surface area contributed by atoms with Crippen molar-refractivity contribution in [3.8, 4) is 0 Å². The van der Waals surface area contributed by atoms with Crippen LogP contribution in [0.5, 0.6) is 0 Å². The Morgan fingerprint density at radius 1 is 1.43 bits per heavy atom. The Bertz CT molecular complexity index is 334. The smallest absolute Gasteiger partial charge is 0.0985 e. The van der Waals surface area contributed by atoms with Gasteiger partial charge in [0.15, 0.2) is 0 Å². The molecule has 1 aromatic rings. The van der Waals surface area contributed by atoms with Crippen LogP contribution < -0.4 is 0 Å². The third kappa shape index (κ3) is 1.84. The molecule has 1 N–H and O–H groups in total. The second-order valence-electron chi connectivity index (χ2n) is 5.01. The predicted molar refractivity (Wildman–Crippen MR) is 58.7 cm³/mol. The molecule has 0 radical (unpaired) electrons. The summed E-state index contributed by atoms with van der Waals surface area (Å²) in [6.07, 6.45) is 2.50. The first kappa shape index (κ1) is 10.1. The summed E-state index contributed by atoms with van der Waals surface area (Å²) in [7, 11) is 0. The number of aliphatic hydroxyl groups excluding tert-OH is 1. The molecule has 1 heterocycles. The summed E-state index contributed by atoms with van der Waals surface area (Å²) in [4.78, 5) is 5.75. The third-order valence-electron chi connectivity index (χ3n) is 2.48. The van der Waals surface area contributed by atoms with Crippen molar-refractivity contribution < 1.29 is 5.11 Å². The molecule has 3 heteroatoms. The van der Waals surface area contributed by atoms with Crippen molar-refractivity contribution in [1.82, 2.24) is 4.98 Å². The minimum absolute atomic E-state index is 0.113. The molecule has 0 aliphatic heterocycles. The second-order valence-corrected chi connectivity index (χ2v) is 6.09. The molecule has 0 spiro atoms. The number of thiazole rings is 1. The van der Waals surface area contributed by atoms with Crippen molar-refractivity contribution in [1.29, 1.82) is 0 Å². The lowest BCUT2D eigenvalue weighted by molar-refractivity contribution is 0.284. The molecule has 1 saturated carbocycles. The summed E-state index contributed by atoms with van der Waals surface area (Å²) < 4.78 is 0. The van der Waals surface area contributed by atoms with Crippen LogP contribution in [0.1, 0.15) is 55.1 Å². The van der Waals surface area contributed by atoms with Gasteiger partial charge in [-0.15, -0.1) is 11.3 Å². The molecule has 0 aromatic carbocycles. The van der Waals surface area contributed by atoms with Gasteiger partial charge in [-0.1, -0.05) is 20.8 Å². The highest BCUT2D eigenvalue weighted by Crippen LogP contribution is 2.44. The van der Waals surface area contributed by atoms with E-state index in [0.717, 1.165) is 9.88 Å². The highest BCUT2D eigenvalue weighted by Gasteiger charge is 2.31. The van der Waals surface area contributed by atoms with E-state index in [2.05, 4.69) is 25.8 Å². The molecule has 0 unspecified atom stereocenters. The topological polar surface area (TPSA) is 33.1 Å². The van der Waals surface area contributed by atoms with Crippen molar-refractivity contribution in [2.45, 2.75) is 51.6 Å². The third-order valence-corrected chi connectivity index (χ3v) is 3.96. The van der Waals surface area contributed by atoms with Gasteiger partial charge in [0, 0.05) is 11.3 Å². The van der Waals surface area contributed by atoms with Crippen LogP contribution in [0.25, 0.3) is 0 Å². The van der Waals surface area contributed by atoms with Crippen molar-refractivity contribution in [3.63, 3.8) is 0 Å². The van der Waals surface area contributed by atoms with Crippen LogP contribution in [0.4, 0.5) is 0 Å². The lowest BCUT2D eigenvalue weighted by Crippen LogP contribution is -2.10. The number of rotatable bonds is 2. The van der Waals surface area contributed by atoms with Crippen molar-refractivity contribution >= 4 is 11.3 Å². The predicted octanol–water partition coefficient (Wildman–Crippen LogP) is 2.81. The molecule has 1 fully saturated rings. The van der Waals surface area contributed by atoms with Gasteiger partial charge in [-0.25, -0.2) is 4.98 Å². The summed E-state index contributed by atoms with van der Waals surface area (Å²) in [5, 5.41) is 10.4. The fourth-order valence-electron chi connectivity index (χ4n) is 1.47. The molecule has 2 rings (SSSR count). The van der Waals surface area contributed by atoms with Crippen LogP contribution in [-0.2, 0) is 12.0 Å². The van der Waals surface area contributed by atoms with Crippen LogP contribution in [-0.4, -0.2) is 10.1 Å². The van der Waals surface area contributed by atoms with E-state index in [9.17, 15) is 5.11 Å². The Hall–Kier alpha value is -0.410. The molecule has 0 bridgehead atoms. The molecule has 2 nitrogen and oxygen atoms in total. The zero-order valence-corrected chi connectivity index (χ0v) is 9.82. The fraction of sp³-hybridized carbons (Fsp3) is 0.727. The standard InChI is InChI=1S/C11H17NOS/c1-11(2,3)10-12-9(7-4-5-7)8(6-13)14-10/h7,13H,4-6H2,1-3H3. The zero-order valence-electron chi connectivity index (χ0n) is 9.00. The van der Waals surface area contributed by atoms with E-state index in [-0.39, 0.29) is 12.0 Å². The van der Waals surface area contributed by atoms with Crippen LogP contribution in [0.2, 0.25) is 0 Å². The first-order valence-corrected chi connectivity index (χ1v) is 5.95. The summed E-state index contributed by atoms with van der Waals surface area (Å²) in [6.45, 7) is 6.66. The van der Waals surface area contributed by atoms with Gasteiger partial charge < -0.3 is 5.11 Å². The van der Waals surface area contributed by atoms with Crippen LogP contribution in [0.15, 0.2) is 0 Å². The monoisotopic (exact) mass is 211 g/mol. The van der Waals surface area contributed by atoms with Gasteiger partial charge in [-0.05, 0) is 12.8 Å². The van der Waals surface area contributed by atoms with E-state index in [0.29, 0.717) is 5.92 Å². The number of hydrogen-bond acceptors (Lipinski definition) is 3. The first-order valence-electron chi connectivity index (χ1n) is 5.13. The quantitative estimate of drug-likeness (QED) is 0.816. The molecule has 14 heavy (non-hydrogen) atoms. The van der Waals surface area contributed by atoms with E-state index in [1.807, 2.05) is 0 Å². The van der Waals surface area contributed by atoms with Crippen LogP contribution in [0.3, 0.4) is 0 Å². The van der Waals surface area contributed by atoms with Gasteiger partial charge in [0.05, 0.1) is 22.2 Å². The number of nitrogens with zero attached hydrogens (tertiary/aromatic N) is 1. The minimum atomic E-state index is 0.113. The number of hydrogen-bond donors (Lipinski definition) is 1. The Labute approximate surface area is 89.0 Å². The maximum Gasteiger partial charge on any atom is 0.0985 e. The van der Waals surface area contributed by atoms with Gasteiger partial charge >= 0.3 is 0 Å². The van der Waals surface area contributed by atoms with Gasteiger partial charge in [0.25, 0.3) is 0 Å². The maximum atomic E-state index is 9.24. The second kappa shape index (κ2) is 3.31. The SMILES string of the molecule is CC(C)(C)c1nc(C2CC2)c(CO)s1. The Kier molecular flexibility index (Phi) is 2.40. The molecule has 78 valence electrons. The fourth-order valence-corrected chi connectivity index (χ4v) is 2.54. The Balaban J connectivity index is 2.35. The molecular formula is C11H17NOS. The highest BCUT2D eigenvalue weighted by atomic mass is 32.1. The number of aromatic nitrogens is 1. The largest absolute Gasteiger partial charge is 0.391 e. The summed E-state index contributed by atoms with van der Waals surface area (Å²) in [6, 6.07) is 0. The van der Waals surface area contributed by atoms with Gasteiger partial charge in [0.1, 0.15) is 0 Å². The molecule has 1 aromatic heterocycles. The minimum Gasteiger partial charge on any atom is -0.391 e. The van der Waals surface area contributed by atoms with Gasteiger partial charge in [-0.2, -0.15) is 0 Å². The number of aliphatic hydroxyl groups is 1. The molecule has 1 aliphatic rings. The molecule has 0 saturated heterocycles. The average Bonchev–Trinajstić information content (AvgIpc) is 2.82. The lowest BCUT2D eigenvalue weighted by Gasteiger charge is -2.13. The van der Waals surface area contributed by atoms with Crippen LogP contribution >= 0.6 is 11.3 Å². The van der Waals surface area contributed by atoms with Crippen molar-refractivity contribution in [2.75, 3.05) is 0 Å². The zero-order chi connectivity index (χ0) is 10.3. The van der Waals surface area contributed by atoms with Gasteiger partial charge in [-0.3, -0.25) is 0 Å². The summed E-state index contributed by atoms with van der Waals surface area (Å²) in [5.41, 5.74) is 1.28. The van der Waals surface area contributed by atoms with E-state index < -0.39 is 0 Å². The summed E-state index contributed by atoms with van der Waals surface area (Å²) >= 11 is 1.67. The summed E-state index contributed by atoms with van der Waals surface area (Å²) in [5.74, 6) is 0.643. The Morgan fingerprint density at radius 3 is 2.50 bits per heavy atom.